The van der Waals surface area contributed by atoms with E-state index in [0.29, 0.717) is 17.5 Å². The van der Waals surface area contributed by atoms with Crippen LogP contribution in [0.2, 0.25) is 0 Å². The van der Waals surface area contributed by atoms with E-state index in [4.69, 9.17) is 19.6 Å². The van der Waals surface area contributed by atoms with E-state index in [1.165, 1.54) is 57.8 Å². The summed E-state index contributed by atoms with van der Waals surface area (Å²) in [7, 11) is 0. The molecule has 0 heterocycles. The van der Waals surface area contributed by atoms with E-state index in [0.717, 1.165) is 62.5 Å². The minimum absolute atomic E-state index is 0.0549. The van der Waals surface area contributed by atoms with E-state index in [1.54, 1.807) is 24.3 Å². The molecule has 2 radical (unpaired) electrons. The van der Waals surface area contributed by atoms with Crippen molar-refractivity contribution in [3.05, 3.63) is 84.0 Å². The number of hydrogen-bond donors (Lipinski definition) is 0. The summed E-state index contributed by atoms with van der Waals surface area (Å²) in [6, 6.07) is 14.5. The van der Waals surface area contributed by atoms with Gasteiger partial charge in [0.2, 0.25) is 0 Å². The van der Waals surface area contributed by atoms with Crippen molar-refractivity contribution >= 4 is 11.9 Å². The van der Waals surface area contributed by atoms with E-state index in [1.807, 2.05) is 24.3 Å². The van der Waals surface area contributed by atoms with Crippen molar-refractivity contribution in [2.75, 3.05) is 0 Å². The number of rotatable bonds is 24. The molecule has 0 N–H and O–H groups in total. The Morgan fingerprint density at radius 2 is 0.881 bits per heavy atom. The predicted octanol–water partition coefficient (Wildman–Crippen LogP) is 10.3. The molecule has 0 atom stereocenters. The fourth-order valence-electron chi connectivity index (χ4n) is 4.77. The lowest BCUT2D eigenvalue weighted by Gasteiger charge is -2.14. The highest BCUT2D eigenvalue weighted by atomic mass is 17.3. The first-order valence-corrected chi connectivity index (χ1v) is 16.2. The Labute approximate surface area is 254 Å². The summed E-state index contributed by atoms with van der Waals surface area (Å²) in [5.74, 6) is -1.28. The standard InChI is InChI=1S/C36H52O6/c1-4-7-8-9-10-11-12-13-14-15-16-17-18-21-34(39-41-35(37)32-26-22-30(19-5-2)23-27-32)40-42-36(38)33-28-24-31(20-6-3)25-29-33/h22-29H,1,4-21H2,2-3H3. The van der Waals surface area contributed by atoms with Crippen molar-refractivity contribution in [2.24, 2.45) is 0 Å². The van der Waals surface area contributed by atoms with Crippen LogP contribution in [0.25, 0.3) is 0 Å². The lowest BCUT2D eigenvalue weighted by molar-refractivity contribution is -0.363. The Bertz CT molecular complexity index is 904. The molecule has 2 rings (SSSR count). The van der Waals surface area contributed by atoms with Crippen LogP contribution in [0, 0.1) is 13.2 Å². The Morgan fingerprint density at radius 3 is 1.24 bits per heavy atom. The molecule has 0 aliphatic heterocycles. The van der Waals surface area contributed by atoms with Gasteiger partial charge in [-0.2, -0.15) is 0 Å². The molecule has 0 fully saturated rings. The number of carbonyl (C=O) groups excluding carboxylic acids is 2. The van der Waals surface area contributed by atoms with Crippen molar-refractivity contribution in [3.63, 3.8) is 0 Å². The smallest absolute Gasteiger partial charge is 0.289 e. The van der Waals surface area contributed by atoms with Gasteiger partial charge in [-0.3, -0.25) is 9.78 Å². The second kappa shape index (κ2) is 22.8. The van der Waals surface area contributed by atoms with Gasteiger partial charge in [-0.05, 0) is 54.7 Å². The van der Waals surface area contributed by atoms with Crippen LogP contribution in [0.5, 0.6) is 0 Å². The van der Waals surface area contributed by atoms with Gasteiger partial charge in [-0.1, -0.05) is 135 Å². The van der Waals surface area contributed by atoms with E-state index in [9.17, 15) is 9.59 Å². The maximum Gasteiger partial charge on any atom is 0.373 e. The Hall–Kier alpha value is -2.70. The second-order valence-corrected chi connectivity index (χ2v) is 11.0. The Balaban J connectivity index is 1.76. The molecular formula is C36H52O6. The number of unbranched alkanes of at least 4 members (excludes halogenated alkanes) is 12. The molecule has 0 aliphatic carbocycles. The van der Waals surface area contributed by atoms with E-state index >= 15 is 0 Å². The highest BCUT2D eigenvalue weighted by Crippen LogP contribution is 2.20. The summed E-state index contributed by atoms with van der Waals surface area (Å²) in [4.78, 5) is 45.6. The molecule has 0 saturated heterocycles. The molecule has 0 saturated carbocycles. The molecule has 42 heavy (non-hydrogen) atoms. The third-order valence-corrected chi connectivity index (χ3v) is 7.26. The fourth-order valence-corrected chi connectivity index (χ4v) is 4.77. The molecule has 0 spiro atoms. The molecule has 6 nitrogen and oxygen atoms in total. The minimum Gasteiger partial charge on any atom is -0.289 e. The van der Waals surface area contributed by atoms with Gasteiger partial charge in [-0.25, -0.2) is 9.59 Å². The van der Waals surface area contributed by atoms with Crippen LogP contribution in [-0.4, -0.2) is 11.9 Å². The van der Waals surface area contributed by atoms with Gasteiger partial charge in [-0.15, -0.1) is 9.78 Å². The van der Waals surface area contributed by atoms with Crippen LogP contribution in [0.15, 0.2) is 48.5 Å². The third-order valence-electron chi connectivity index (χ3n) is 7.26. The molecular weight excluding hydrogens is 528 g/mol. The predicted molar refractivity (Wildman–Crippen MR) is 167 cm³/mol. The maximum atomic E-state index is 12.5. The second-order valence-electron chi connectivity index (χ2n) is 11.0. The summed E-state index contributed by atoms with van der Waals surface area (Å²) in [5.41, 5.74) is 3.05. The molecule has 2 aromatic rings. The number of hydrogen-bond acceptors (Lipinski definition) is 6. The van der Waals surface area contributed by atoms with Gasteiger partial charge in [0, 0.05) is 6.42 Å². The Morgan fingerprint density at radius 1 is 0.524 bits per heavy atom. The lowest BCUT2D eigenvalue weighted by Crippen LogP contribution is -2.16. The molecule has 0 unspecified atom stereocenters. The third kappa shape index (κ3) is 15.5. The SMILES string of the molecule is [CH2]CCCCCCCCCCCCCC[C](OOC(=O)c1ccc(CCC)cc1)OOC(=O)c1ccc(CCC)cc1. The van der Waals surface area contributed by atoms with Crippen LogP contribution >= 0.6 is 0 Å². The normalized spacial score (nSPS) is 11.1. The van der Waals surface area contributed by atoms with E-state index < -0.39 is 11.9 Å². The van der Waals surface area contributed by atoms with Gasteiger partial charge in [0.15, 0.2) is 0 Å². The monoisotopic (exact) mass is 580 g/mol. The zero-order valence-corrected chi connectivity index (χ0v) is 26.0. The first-order chi connectivity index (χ1) is 20.6. The maximum absolute atomic E-state index is 12.5. The van der Waals surface area contributed by atoms with Gasteiger partial charge in [0.25, 0.3) is 0 Å². The zero-order valence-electron chi connectivity index (χ0n) is 26.0. The minimum atomic E-state index is -0.639. The molecule has 0 aliphatic rings. The number of carbonyl (C=O) groups is 2. The summed E-state index contributed by atoms with van der Waals surface area (Å²) >= 11 is 0. The van der Waals surface area contributed by atoms with Gasteiger partial charge in [0.1, 0.15) is 0 Å². The molecule has 6 heteroatoms. The van der Waals surface area contributed by atoms with Gasteiger partial charge in [0.05, 0.1) is 11.1 Å². The number of benzene rings is 2. The fraction of sp³-hybridized carbons (Fsp3) is 0.556. The van der Waals surface area contributed by atoms with Crippen molar-refractivity contribution in [1.29, 1.82) is 0 Å². The molecule has 232 valence electrons. The molecule has 2 aromatic carbocycles. The molecule has 0 aromatic heterocycles. The van der Waals surface area contributed by atoms with Crippen LogP contribution in [-0.2, 0) is 32.4 Å². The summed E-state index contributed by atoms with van der Waals surface area (Å²) in [5, 5.41) is 0. The zero-order chi connectivity index (χ0) is 30.3. The molecule has 0 bridgehead atoms. The van der Waals surface area contributed by atoms with Crippen molar-refractivity contribution in [1.82, 2.24) is 0 Å². The van der Waals surface area contributed by atoms with Gasteiger partial charge >= 0.3 is 18.2 Å². The Kier molecular flexibility index (Phi) is 19.3. The topological polar surface area (TPSA) is 71.1 Å². The highest BCUT2D eigenvalue weighted by molar-refractivity contribution is 5.89. The average Bonchev–Trinajstić information content (AvgIpc) is 3.01. The molecule has 0 amide bonds. The van der Waals surface area contributed by atoms with Crippen LogP contribution in [0.3, 0.4) is 0 Å². The van der Waals surface area contributed by atoms with Crippen LogP contribution < -0.4 is 0 Å². The quantitative estimate of drug-likeness (QED) is 0.0699. The first-order valence-electron chi connectivity index (χ1n) is 16.2. The summed E-state index contributed by atoms with van der Waals surface area (Å²) in [6.07, 6.45) is 19.7. The summed E-state index contributed by atoms with van der Waals surface area (Å²) in [6.45, 7) is 8.12. The van der Waals surface area contributed by atoms with Gasteiger partial charge < -0.3 is 0 Å². The van der Waals surface area contributed by atoms with Crippen LogP contribution in [0.1, 0.15) is 148 Å². The average molecular weight is 581 g/mol. The van der Waals surface area contributed by atoms with E-state index in [2.05, 4.69) is 20.8 Å². The van der Waals surface area contributed by atoms with E-state index in [-0.39, 0.29) is 6.29 Å². The largest absolute Gasteiger partial charge is 0.373 e. The lowest BCUT2D eigenvalue weighted by atomic mass is 10.0. The van der Waals surface area contributed by atoms with Crippen LogP contribution in [0.4, 0.5) is 0 Å². The number of aryl methyl sites for hydroxylation is 2. The van der Waals surface area contributed by atoms with Crippen molar-refractivity contribution in [3.8, 4) is 0 Å². The first kappa shape index (κ1) is 35.5. The van der Waals surface area contributed by atoms with Crippen molar-refractivity contribution in [2.45, 2.75) is 129 Å². The highest BCUT2D eigenvalue weighted by Gasteiger charge is 2.21. The summed E-state index contributed by atoms with van der Waals surface area (Å²) < 4.78 is 0. The van der Waals surface area contributed by atoms with Crippen molar-refractivity contribution < 1.29 is 29.1 Å².